The monoisotopic (exact) mass is 326 g/mol. The van der Waals surface area contributed by atoms with Gasteiger partial charge in [-0.3, -0.25) is 18.9 Å². The van der Waals surface area contributed by atoms with Crippen molar-refractivity contribution < 1.29 is 4.79 Å². The predicted molar refractivity (Wildman–Crippen MR) is 90.8 cm³/mol. The molecule has 2 aromatic rings. The van der Waals surface area contributed by atoms with Gasteiger partial charge in [0.05, 0.1) is 5.69 Å². The second-order valence-corrected chi connectivity index (χ2v) is 6.82. The maximum absolute atomic E-state index is 12.3. The number of aryl methyl sites for hydroxylation is 1. The third-order valence-corrected chi connectivity index (χ3v) is 4.93. The van der Waals surface area contributed by atoms with E-state index in [2.05, 4.69) is 9.88 Å². The molecule has 0 aromatic carbocycles. The van der Waals surface area contributed by atoms with Gasteiger partial charge in [0.2, 0.25) is 5.91 Å². The van der Waals surface area contributed by atoms with Crippen molar-refractivity contribution in [1.82, 2.24) is 19.2 Å². The van der Waals surface area contributed by atoms with Gasteiger partial charge in [0.1, 0.15) is 5.65 Å². The number of hydrogen-bond donors (Lipinski definition) is 0. The van der Waals surface area contributed by atoms with Crippen LogP contribution in [0, 0.1) is 12.8 Å². The topological polar surface area (TPSA) is 57.9 Å². The molecule has 1 saturated carbocycles. The number of carbonyl (C=O) groups excluding carboxylic acids is 1. The lowest BCUT2D eigenvalue weighted by Gasteiger charge is -2.34. The summed E-state index contributed by atoms with van der Waals surface area (Å²) in [6.45, 7) is 5.81. The van der Waals surface area contributed by atoms with E-state index in [-0.39, 0.29) is 5.56 Å². The third-order valence-electron chi connectivity index (χ3n) is 4.93. The van der Waals surface area contributed by atoms with Crippen LogP contribution in [-0.2, 0) is 11.3 Å². The predicted octanol–water partition coefficient (Wildman–Crippen LogP) is 1.06. The summed E-state index contributed by atoms with van der Waals surface area (Å²) in [4.78, 5) is 33.3. The fraction of sp³-hybridized carbons (Fsp3) is 0.500. The van der Waals surface area contributed by atoms with E-state index in [1.54, 1.807) is 10.5 Å². The molecule has 24 heavy (non-hydrogen) atoms. The average Bonchev–Trinajstić information content (AvgIpc) is 3.39. The Bertz CT molecular complexity index is 833. The van der Waals surface area contributed by atoms with E-state index >= 15 is 0 Å². The number of hydrogen-bond acceptors (Lipinski definition) is 4. The minimum absolute atomic E-state index is 0.0318. The number of pyridine rings is 1. The quantitative estimate of drug-likeness (QED) is 0.846. The van der Waals surface area contributed by atoms with E-state index in [9.17, 15) is 9.59 Å². The number of fused-ring (bicyclic) bond motifs is 1. The zero-order valence-electron chi connectivity index (χ0n) is 13.9. The second-order valence-electron chi connectivity index (χ2n) is 6.82. The Morgan fingerprint density at radius 3 is 2.67 bits per heavy atom. The molecule has 0 radical (unpaired) electrons. The molecule has 2 aromatic heterocycles. The number of amides is 1. The van der Waals surface area contributed by atoms with Gasteiger partial charge >= 0.3 is 0 Å². The molecule has 2 fully saturated rings. The molecular formula is C18H22N4O2. The molecule has 4 rings (SSSR count). The minimum Gasteiger partial charge on any atom is -0.340 e. The molecule has 0 N–H and O–H groups in total. The van der Waals surface area contributed by atoms with Crippen LogP contribution in [0.3, 0.4) is 0 Å². The average molecular weight is 326 g/mol. The van der Waals surface area contributed by atoms with Crippen molar-refractivity contribution in [2.75, 3.05) is 26.2 Å². The van der Waals surface area contributed by atoms with E-state index in [0.717, 1.165) is 50.4 Å². The van der Waals surface area contributed by atoms with Crippen LogP contribution in [-0.4, -0.2) is 51.3 Å². The van der Waals surface area contributed by atoms with Gasteiger partial charge < -0.3 is 4.90 Å². The summed E-state index contributed by atoms with van der Waals surface area (Å²) in [5.41, 5.74) is 2.35. The molecule has 1 saturated heterocycles. The van der Waals surface area contributed by atoms with Crippen molar-refractivity contribution in [2.24, 2.45) is 5.92 Å². The first-order chi connectivity index (χ1) is 11.6. The first kappa shape index (κ1) is 15.3. The van der Waals surface area contributed by atoms with Crippen LogP contribution < -0.4 is 5.56 Å². The number of carbonyl (C=O) groups is 1. The van der Waals surface area contributed by atoms with Crippen LogP contribution in [0.25, 0.3) is 5.65 Å². The lowest BCUT2D eigenvalue weighted by Crippen LogP contribution is -2.48. The van der Waals surface area contributed by atoms with Gasteiger partial charge in [0.25, 0.3) is 5.56 Å². The summed E-state index contributed by atoms with van der Waals surface area (Å²) in [7, 11) is 0. The highest BCUT2D eigenvalue weighted by molar-refractivity contribution is 5.81. The Morgan fingerprint density at radius 2 is 1.96 bits per heavy atom. The molecule has 1 amide bonds. The summed E-state index contributed by atoms with van der Waals surface area (Å²) in [5, 5.41) is 0. The van der Waals surface area contributed by atoms with Crippen molar-refractivity contribution in [3.05, 3.63) is 46.0 Å². The maximum Gasteiger partial charge on any atom is 0.258 e. The zero-order valence-corrected chi connectivity index (χ0v) is 13.9. The Labute approximate surface area is 140 Å². The van der Waals surface area contributed by atoms with Gasteiger partial charge in [-0.1, -0.05) is 6.07 Å². The summed E-state index contributed by atoms with van der Waals surface area (Å²) in [6.07, 6.45) is 2.12. The molecule has 0 spiro atoms. The first-order valence-corrected chi connectivity index (χ1v) is 8.61. The van der Waals surface area contributed by atoms with Crippen molar-refractivity contribution in [3.63, 3.8) is 0 Å². The van der Waals surface area contributed by atoms with Gasteiger partial charge in [-0.05, 0) is 31.9 Å². The molecule has 3 heterocycles. The number of piperazine rings is 1. The fourth-order valence-electron chi connectivity index (χ4n) is 3.39. The van der Waals surface area contributed by atoms with Gasteiger partial charge in [-0.15, -0.1) is 0 Å². The fourth-order valence-corrected chi connectivity index (χ4v) is 3.39. The summed E-state index contributed by atoms with van der Waals surface area (Å²) >= 11 is 0. The van der Waals surface area contributed by atoms with Crippen LogP contribution in [0.2, 0.25) is 0 Å². The van der Waals surface area contributed by atoms with E-state index in [1.807, 2.05) is 30.0 Å². The summed E-state index contributed by atoms with van der Waals surface area (Å²) in [6, 6.07) is 7.32. The lowest BCUT2D eigenvalue weighted by atomic mass is 10.2. The van der Waals surface area contributed by atoms with Crippen LogP contribution in [0.5, 0.6) is 0 Å². The van der Waals surface area contributed by atoms with E-state index in [1.165, 1.54) is 0 Å². The molecule has 0 bridgehead atoms. The van der Waals surface area contributed by atoms with Crippen molar-refractivity contribution >= 4 is 11.6 Å². The van der Waals surface area contributed by atoms with Crippen molar-refractivity contribution in [3.8, 4) is 0 Å². The smallest absolute Gasteiger partial charge is 0.258 e. The van der Waals surface area contributed by atoms with Crippen LogP contribution in [0.4, 0.5) is 0 Å². The lowest BCUT2D eigenvalue weighted by molar-refractivity contribution is -0.134. The van der Waals surface area contributed by atoms with Gasteiger partial charge in [-0.25, -0.2) is 4.98 Å². The molecular weight excluding hydrogens is 304 g/mol. The molecule has 0 unspecified atom stereocenters. The normalized spacial score (nSPS) is 19.0. The van der Waals surface area contributed by atoms with E-state index in [4.69, 9.17) is 0 Å². The summed E-state index contributed by atoms with van der Waals surface area (Å²) < 4.78 is 1.63. The molecule has 1 aliphatic carbocycles. The van der Waals surface area contributed by atoms with Crippen molar-refractivity contribution in [1.29, 1.82) is 0 Å². The highest BCUT2D eigenvalue weighted by atomic mass is 16.2. The van der Waals surface area contributed by atoms with Crippen LogP contribution in [0.15, 0.2) is 29.1 Å². The van der Waals surface area contributed by atoms with Gasteiger partial charge in [0.15, 0.2) is 0 Å². The highest BCUT2D eigenvalue weighted by Crippen LogP contribution is 2.31. The SMILES string of the molecule is Cc1cccc2nc(CN3CCN(C(=O)C4CC4)CC3)cc(=O)n12. The molecule has 6 nitrogen and oxygen atoms in total. The van der Waals surface area contributed by atoms with E-state index < -0.39 is 0 Å². The van der Waals surface area contributed by atoms with Crippen molar-refractivity contribution in [2.45, 2.75) is 26.3 Å². The third kappa shape index (κ3) is 2.94. The zero-order chi connectivity index (χ0) is 16.7. The second kappa shape index (κ2) is 6.02. The Morgan fingerprint density at radius 1 is 1.21 bits per heavy atom. The Kier molecular flexibility index (Phi) is 3.84. The first-order valence-electron chi connectivity index (χ1n) is 8.61. The van der Waals surface area contributed by atoms with Crippen LogP contribution >= 0.6 is 0 Å². The van der Waals surface area contributed by atoms with Crippen LogP contribution in [0.1, 0.15) is 24.2 Å². The maximum atomic E-state index is 12.3. The minimum atomic E-state index is -0.0318. The largest absolute Gasteiger partial charge is 0.340 e. The van der Waals surface area contributed by atoms with Gasteiger partial charge in [-0.2, -0.15) is 0 Å². The summed E-state index contributed by atoms with van der Waals surface area (Å²) in [5.74, 6) is 0.620. The number of nitrogens with zero attached hydrogens (tertiary/aromatic N) is 4. The molecule has 126 valence electrons. The molecule has 0 atom stereocenters. The molecule has 1 aliphatic heterocycles. The molecule has 2 aliphatic rings. The number of rotatable bonds is 3. The number of aromatic nitrogens is 2. The van der Waals surface area contributed by atoms with Gasteiger partial charge in [0, 0.05) is 50.4 Å². The Balaban J connectivity index is 1.45. The molecule has 6 heteroatoms. The standard InChI is InChI=1S/C18H22N4O2/c1-13-3-2-4-16-19-15(11-17(23)22(13)16)12-20-7-9-21(10-8-20)18(24)14-5-6-14/h2-4,11,14H,5-10,12H2,1H3. The van der Waals surface area contributed by atoms with E-state index in [0.29, 0.717) is 24.0 Å². The highest BCUT2D eigenvalue weighted by Gasteiger charge is 2.34. The Hall–Kier alpha value is -2.21.